The van der Waals surface area contributed by atoms with Crippen molar-refractivity contribution >= 4 is 40.6 Å². The van der Waals surface area contributed by atoms with Gasteiger partial charge in [-0.25, -0.2) is 0 Å². The van der Waals surface area contributed by atoms with Crippen LogP contribution in [0.5, 0.6) is 5.75 Å². The average molecular weight is 316 g/mol. The monoisotopic (exact) mass is 314 g/mol. The molecule has 98 valence electrons. The van der Waals surface area contributed by atoms with Gasteiger partial charge in [0.1, 0.15) is 5.02 Å². The van der Waals surface area contributed by atoms with E-state index < -0.39 is 0 Å². The molecule has 0 bridgehead atoms. The summed E-state index contributed by atoms with van der Waals surface area (Å²) in [6, 6.07) is 10.2. The summed E-state index contributed by atoms with van der Waals surface area (Å²) in [5, 5.41) is 0.517. The van der Waals surface area contributed by atoms with Gasteiger partial charge in [0.15, 0.2) is 11.5 Å². The molecule has 0 aliphatic rings. The van der Waals surface area contributed by atoms with Gasteiger partial charge < -0.3 is 4.74 Å². The summed E-state index contributed by atoms with van der Waals surface area (Å²) in [5.41, 5.74) is 0.769. The molecule has 0 saturated heterocycles. The number of rotatable bonds is 3. The van der Waals surface area contributed by atoms with Gasteiger partial charge in [0.05, 0.1) is 17.2 Å². The second kappa shape index (κ2) is 5.83. The molecule has 0 radical (unpaired) electrons. The van der Waals surface area contributed by atoms with Gasteiger partial charge in [-0.3, -0.25) is 4.79 Å². The topological polar surface area (TPSA) is 26.3 Å². The Morgan fingerprint density at radius 2 is 1.68 bits per heavy atom. The van der Waals surface area contributed by atoms with Crippen LogP contribution in [-0.2, 0) is 0 Å². The molecule has 19 heavy (non-hydrogen) atoms. The predicted octanol–water partition coefficient (Wildman–Crippen LogP) is 4.89. The Labute approximate surface area is 125 Å². The molecular weight excluding hydrogens is 307 g/mol. The van der Waals surface area contributed by atoms with E-state index in [1.165, 1.54) is 13.2 Å². The number of ketones is 1. The fourth-order valence-electron chi connectivity index (χ4n) is 1.68. The van der Waals surface area contributed by atoms with E-state index >= 15 is 0 Å². The van der Waals surface area contributed by atoms with Crippen molar-refractivity contribution in [1.29, 1.82) is 0 Å². The van der Waals surface area contributed by atoms with Crippen molar-refractivity contribution in [3.63, 3.8) is 0 Å². The summed E-state index contributed by atoms with van der Waals surface area (Å²) in [4.78, 5) is 12.3. The molecule has 0 fully saturated rings. The van der Waals surface area contributed by atoms with E-state index in [2.05, 4.69) is 0 Å². The van der Waals surface area contributed by atoms with Crippen LogP contribution < -0.4 is 4.74 Å². The van der Waals surface area contributed by atoms with Gasteiger partial charge in [-0.2, -0.15) is 0 Å². The van der Waals surface area contributed by atoms with Crippen LogP contribution in [-0.4, -0.2) is 12.9 Å². The average Bonchev–Trinajstić information content (AvgIpc) is 2.43. The minimum Gasteiger partial charge on any atom is -0.494 e. The van der Waals surface area contributed by atoms with E-state index in [9.17, 15) is 4.79 Å². The highest BCUT2D eigenvalue weighted by Gasteiger charge is 2.20. The smallest absolute Gasteiger partial charge is 0.194 e. The van der Waals surface area contributed by atoms with Gasteiger partial charge in [-0.1, -0.05) is 65.1 Å². The number of carbonyl (C=O) groups excluding carboxylic acids is 1. The maximum absolute atomic E-state index is 12.3. The highest BCUT2D eigenvalue weighted by Crippen LogP contribution is 2.40. The van der Waals surface area contributed by atoms with E-state index in [4.69, 9.17) is 39.5 Å². The quantitative estimate of drug-likeness (QED) is 0.595. The molecule has 0 amide bonds. The van der Waals surface area contributed by atoms with Crippen LogP contribution >= 0.6 is 34.8 Å². The van der Waals surface area contributed by atoms with Crippen molar-refractivity contribution in [2.24, 2.45) is 0 Å². The van der Waals surface area contributed by atoms with E-state index in [0.717, 1.165) is 0 Å². The molecule has 5 heteroatoms. The number of hydrogen-bond donors (Lipinski definition) is 0. The third-order valence-electron chi connectivity index (χ3n) is 2.60. The van der Waals surface area contributed by atoms with Gasteiger partial charge in [0.25, 0.3) is 0 Å². The minimum atomic E-state index is -0.239. The maximum atomic E-state index is 12.3. The van der Waals surface area contributed by atoms with Crippen molar-refractivity contribution in [2.75, 3.05) is 7.11 Å². The van der Waals surface area contributed by atoms with E-state index in [1.54, 1.807) is 24.3 Å². The molecule has 0 spiro atoms. The SMILES string of the molecule is COc1c(Cl)cc(C(=O)c2ccccc2)c(Cl)c1Cl. The Morgan fingerprint density at radius 1 is 1.05 bits per heavy atom. The Bertz CT molecular complexity index is 624. The molecule has 0 heterocycles. The summed E-state index contributed by atoms with van der Waals surface area (Å²) >= 11 is 18.2. The number of ether oxygens (including phenoxy) is 1. The Balaban J connectivity index is 2.56. The lowest BCUT2D eigenvalue weighted by Crippen LogP contribution is -2.03. The van der Waals surface area contributed by atoms with Crippen molar-refractivity contribution in [3.05, 3.63) is 62.6 Å². The highest BCUT2D eigenvalue weighted by molar-refractivity contribution is 6.47. The number of methoxy groups -OCH3 is 1. The summed E-state index contributed by atoms with van der Waals surface area (Å²) in [7, 11) is 1.43. The standard InChI is InChI=1S/C14H9Cl3O2/c1-19-14-10(15)7-9(11(16)12(14)17)13(18)8-5-3-2-4-6-8/h2-7H,1H3. The zero-order chi connectivity index (χ0) is 14.0. The predicted molar refractivity (Wildman–Crippen MR) is 77.9 cm³/mol. The summed E-state index contributed by atoms with van der Waals surface area (Å²) in [6.07, 6.45) is 0. The molecule has 0 saturated carbocycles. The third-order valence-corrected chi connectivity index (χ3v) is 3.73. The lowest BCUT2D eigenvalue weighted by Gasteiger charge is -2.11. The molecule has 0 atom stereocenters. The maximum Gasteiger partial charge on any atom is 0.194 e. The van der Waals surface area contributed by atoms with Crippen LogP contribution in [0.1, 0.15) is 15.9 Å². The van der Waals surface area contributed by atoms with Gasteiger partial charge >= 0.3 is 0 Å². The minimum absolute atomic E-state index is 0.135. The number of hydrogen-bond acceptors (Lipinski definition) is 2. The molecule has 2 aromatic rings. The fourth-order valence-corrected chi connectivity index (χ4v) is 2.51. The van der Waals surface area contributed by atoms with Crippen molar-refractivity contribution < 1.29 is 9.53 Å². The van der Waals surface area contributed by atoms with Gasteiger partial charge in [0, 0.05) is 11.1 Å². The highest BCUT2D eigenvalue weighted by atomic mass is 35.5. The van der Waals surface area contributed by atoms with E-state index in [0.29, 0.717) is 5.56 Å². The first-order chi connectivity index (χ1) is 9.06. The summed E-state index contributed by atoms with van der Waals surface area (Å²) in [5.74, 6) is 0.0231. The molecule has 0 aliphatic carbocycles. The van der Waals surface area contributed by atoms with Crippen LogP contribution in [0, 0.1) is 0 Å². The van der Waals surface area contributed by atoms with Gasteiger partial charge in [0.2, 0.25) is 0 Å². The molecular formula is C14H9Cl3O2. The van der Waals surface area contributed by atoms with Crippen LogP contribution in [0.15, 0.2) is 36.4 Å². The Morgan fingerprint density at radius 3 is 2.26 bits per heavy atom. The number of halogens is 3. The molecule has 2 rings (SSSR count). The zero-order valence-corrected chi connectivity index (χ0v) is 12.2. The first kappa shape index (κ1) is 14.2. The first-order valence-electron chi connectivity index (χ1n) is 5.37. The summed E-state index contributed by atoms with van der Waals surface area (Å²) in [6.45, 7) is 0. The number of carbonyl (C=O) groups is 1. The normalized spacial score (nSPS) is 10.3. The third kappa shape index (κ3) is 2.71. The molecule has 0 unspecified atom stereocenters. The molecule has 0 aliphatic heterocycles. The van der Waals surface area contributed by atoms with Gasteiger partial charge in [-0.15, -0.1) is 0 Å². The Kier molecular flexibility index (Phi) is 4.35. The van der Waals surface area contributed by atoms with Crippen LogP contribution in [0.4, 0.5) is 0 Å². The zero-order valence-electron chi connectivity index (χ0n) is 9.91. The second-order valence-corrected chi connectivity index (χ2v) is 4.93. The van der Waals surface area contributed by atoms with Crippen LogP contribution in [0.2, 0.25) is 15.1 Å². The van der Waals surface area contributed by atoms with Gasteiger partial charge in [-0.05, 0) is 6.07 Å². The van der Waals surface area contributed by atoms with Crippen molar-refractivity contribution in [2.45, 2.75) is 0 Å². The molecule has 2 aromatic carbocycles. The van der Waals surface area contributed by atoms with Crippen molar-refractivity contribution in [3.8, 4) is 5.75 Å². The lowest BCUT2D eigenvalue weighted by atomic mass is 10.0. The molecule has 0 N–H and O–H groups in total. The summed E-state index contributed by atoms with van der Waals surface area (Å²) < 4.78 is 5.04. The molecule has 0 aromatic heterocycles. The molecule has 2 nitrogen and oxygen atoms in total. The van der Waals surface area contributed by atoms with Crippen molar-refractivity contribution in [1.82, 2.24) is 0 Å². The lowest BCUT2D eigenvalue weighted by molar-refractivity contribution is 0.103. The number of benzene rings is 2. The fraction of sp³-hybridized carbons (Fsp3) is 0.0714. The largest absolute Gasteiger partial charge is 0.494 e. The Hall–Kier alpha value is -1.22. The first-order valence-corrected chi connectivity index (χ1v) is 6.51. The van der Waals surface area contributed by atoms with E-state index in [1.807, 2.05) is 6.07 Å². The van der Waals surface area contributed by atoms with E-state index in [-0.39, 0.29) is 32.2 Å². The van der Waals surface area contributed by atoms with Crippen LogP contribution in [0.3, 0.4) is 0 Å². The van der Waals surface area contributed by atoms with Crippen LogP contribution in [0.25, 0.3) is 0 Å². The second-order valence-electron chi connectivity index (χ2n) is 3.76.